The topological polar surface area (TPSA) is 28.7 Å². The lowest BCUT2D eigenvalue weighted by molar-refractivity contribution is 0.839. The van der Waals surface area contributed by atoms with Gasteiger partial charge in [0.1, 0.15) is 0 Å². The van der Waals surface area contributed by atoms with Crippen LogP contribution in [0.4, 0.5) is 0 Å². The zero-order chi connectivity index (χ0) is 8.43. The first-order valence-corrected chi connectivity index (χ1v) is 3.65. The minimum absolute atomic E-state index is 0.521. The van der Waals surface area contributed by atoms with Crippen molar-refractivity contribution in [3.05, 3.63) is 23.0 Å². The van der Waals surface area contributed by atoms with E-state index in [4.69, 9.17) is 5.26 Å². The largest absolute Gasteiger partial charge is 0.352 e. The van der Waals surface area contributed by atoms with Crippen LogP contribution in [0, 0.1) is 25.2 Å². The molecule has 2 nitrogen and oxygen atoms in total. The highest BCUT2D eigenvalue weighted by atomic mass is 14.9. The van der Waals surface area contributed by atoms with Crippen LogP contribution in [-0.2, 0) is 13.5 Å². The third-order valence-electron chi connectivity index (χ3n) is 2.15. The number of aromatic nitrogens is 1. The highest BCUT2D eigenvalue weighted by Gasteiger charge is 2.03. The summed E-state index contributed by atoms with van der Waals surface area (Å²) in [5.41, 5.74) is 3.56. The van der Waals surface area contributed by atoms with Crippen molar-refractivity contribution in [2.75, 3.05) is 0 Å². The van der Waals surface area contributed by atoms with Gasteiger partial charge in [0, 0.05) is 18.4 Å². The average Bonchev–Trinajstić information content (AvgIpc) is 2.19. The fourth-order valence-corrected chi connectivity index (χ4v) is 1.20. The maximum atomic E-state index is 8.49. The van der Waals surface area contributed by atoms with E-state index in [1.807, 2.05) is 20.9 Å². The fraction of sp³-hybridized carbons (Fsp3) is 0.444. The molecule has 1 aromatic rings. The summed E-state index contributed by atoms with van der Waals surface area (Å²) in [6, 6.07) is 4.22. The summed E-state index contributed by atoms with van der Waals surface area (Å²) in [7, 11) is 2.02. The molecule has 1 aromatic heterocycles. The number of rotatable bonds is 1. The Kier molecular flexibility index (Phi) is 2.00. The third kappa shape index (κ3) is 1.27. The fourth-order valence-electron chi connectivity index (χ4n) is 1.20. The number of hydrogen-bond acceptors (Lipinski definition) is 1. The summed E-state index contributed by atoms with van der Waals surface area (Å²) in [6.07, 6.45) is 0.521. The summed E-state index contributed by atoms with van der Waals surface area (Å²) in [5, 5.41) is 8.49. The molecule has 0 spiro atoms. The maximum absolute atomic E-state index is 8.49. The van der Waals surface area contributed by atoms with E-state index in [2.05, 4.69) is 16.7 Å². The van der Waals surface area contributed by atoms with Gasteiger partial charge in [-0.05, 0) is 25.5 Å². The Bertz CT molecular complexity index is 302. The van der Waals surface area contributed by atoms with Crippen LogP contribution in [0.2, 0.25) is 0 Å². The van der Waals surface area contributed by atoms with Crippen LogP contribution < -0.4 is 0 Å². The van der Waals surface area contributed by atoms with Crippen molar-refractivity contribution >= 4 is 0 Å². The Balaban J connectivity index is 3.10. The van der Waals surface area contributed by atoms with E-state index in [1.165, 1.54) is 11.4 Å². The van der Waals surface area contributed by atoms with E-state index in [9.17, 15) is 0 Å². The molecule has 0 aliphatic heterocycles. The van der Waals surface area contributed by atoms with Crippen LogP contribution in [-0.4, -0.2) is 4.57 Å². The van der Waals surface area contributed by atoms with Crippen molar-refractivity contribution < 1.29 is 0 Å². The van der Waals surface area contributed by atoms with Gasteiger partial charge in [0.15, 0.2) is 0 Å². The summed E-state index contributed by atoms with van der Waals surface area (Å²) in [5.74, 6) is 0. The van der Waals surface area contributed by atoms with Crippen LogP contribution >= 0.6 is 0 Å². The van der Waals surface area contributed by atoms with Crippen molar-refractivity contribution in [3.63, 3.8) is 0 Å². The van der Waals surface area contributed by atoms with Gasteiger partial charge in [-0.1, -0.05) is 0 Å². The lowest BCUT2D eigenvalue weighted by Gasteiger charge is -1.98. The molecular formula is C9H12N2. The minimum Gasteiger partial charge on any atom is -0.352 e. The zero-order valence-electron chi connectivity index (χ0n) is 7.18. The van der Waals surface area contributed by atoms with Crippen molar-refractivity contribution in [2.24, 2.45) is 7.05 Å². The summed E-state index contributed by atoms with van der Waals surface area (Å²) in [6.45, 7) is 4.09. The molecule has 0 radical (unpaired) electrons. The molecule has 1 rings (SSSR count). The van der Waals surface area contributed by atoms with Crippen molar-refractivity contribution in [1.29, 1.82) is 5.26 Å². The molecule has 0 aliphatic rings. The smallest absolute Gasteiger partial charge is 0.0670 e. The molecule has 11 heavy (non-hydrogen) atoms. The normalized spacial score (nSPS) is 9.64. The Labute approximate surface area is 67.1 Å². The van der Waals surface area contributed by atoms with Gasteiger partial charge >= 0.3 is 0 Å². The number of aryl methyl sites for hydroxylation is 1. The minimum atomic E-state index is 0.521. The molecular weight excluding hydrogens is 136 g/mol. The SMILES string of the molecule is Cc1cc(CC#N)c(C)n1C. The molecule has 0 amide bonds. The van der Waals surface area contributed by atoms with Gasteiger partial charge in [0.25, 0.3) is 0 Å². The molecule has 0 unspecified atom stereocenters. The van der Waals surface area contributed by atoms with Crippen molar-refractivity contribution in [3.8, 4) is 6.07 Å². The van der Waals surface area contributed by atoms with Gasteiger partial charge in [0.2, 0.25) is 0 Å². The van der Waals surface area contributed by atoms with E-state index in [0.29, 0.717) is 6.42 Å². The van der Waals surface area contributed by atoms with E-state index < -0.39 is 0 Å². The maximum Gasteiger partial charge on any atom is 0.0670 e. The Hall–Kier alpha value is -1.23. The van der Waals surface area contributed by atoms with E-state index in [1.54, 1.807) is 0 Å². The first-order valence-electron chi connectivity index (χ1n) is 3.65. The van der Waals surface area contributed by atoms with Gasteiger partial charge in [0.05, 0.1) is 12.5 Å². The van der Waals surface area contributed by atoms with Crippen LogP contribution in [0.5, 0.6) is 0 Å². The van der Waals surface area contributed by atoms with E-state index in [0.717, 1.165) is 5.56 Å². The monoisotopic (exact) mass is 148 g/mol. The second-order valence-electron chi connectivity index (χ2n) is 2.79. The van der Waals surface area contributed by atoms with Gasteiger partial charge in [-0.25, -0.2) is 0 Å². The summed E-state index contributed by atoms with van der Waals surface area (Å²) >= 11 is 0. The number of hydrogen-bond donors (Lipinski definition) is 0. The zero-order valence-corrected chi connectivity index (χ0v) is 7.18. The number of nitrogens with zero attached hydrogens (tertiary/aromatic N) is 2. The second-order valence-corrected chi connectivity index (χ2v) is 2.79. The van der Waals surface area contributed by atoms with Gasteiger partial charge in [-0.15, -0.1) is 0 Å². The quantitative estimate of drug-likeness (QED) is 0.596. The third-order valence-corrected chi connectivity index (χ3v) is 2.15. The molecule has 0 aromatic carbocycles. The first-order chi connectivity index (χ1) is 5.16. The Morgan fingerprint density at radius 1 is 1.55 bits per heavy atom. The van der Waals surface area contributed by atoms with E-state index in [-0.39, 0.29) is 0 Å². The molecule has 0 aliphatic carbocycles. The number of nitriles is 1. The molecule has 1 heterocycles. The van der Waals surface area contributed by atoms with Crippen LogP contribution in [0.1, 0.15) is 17.0 Å². The standard InChI is InChI=1S/C9H12N2/c1-7-6-9(4-5-10)8(2)11(7)3/h6H,4H2,1-3H3. The molecule has 0 atom stereocenters. The highest BCUT2D eigenvalue weighted by Crippen LogP contribution is 2.12. The lowest BCUT2D eigenvalue weighted by atomic mass is 10.2. The molecule has 0 saturated heterocycles. The van der Waals surface area contributed by atoms with Gasteiger partial charge < -0.3 is 4.57 Å². The highest BCUT2D eigenvalue weighted by molar-refractivity contribution is 5.28. The Morgan fingerprint density at radius 3 is 2.55 bits per heavy atom. The summed E-state index contributed by atoms with van der Waals surface area (Å²) in [4.78, 5) is 0. The molecule has 0 bridgehead atoms. The first kappa shape index (κ1) is 7.87. The predicted molar refractivity (Wildman–Crippen MR) is 44.2 cm³/mol. The van der Waals surface area contributed by atoms with Gasteiger partial charge in [-0.2, -0.15) is 5.26 Å². The van der Waals surface area contributed by atoms with Crippen LogP contribution in [0.25, 0.3) is 0 Å². The lowest BCUT2D eigenvalue weighted by Crippen LogP contribution is -1.93. The molecule has 0 N–H and O–H groups in total. The summed E-state index contributed by atoms with van der Waals surface area (Å²) < 4.78 is 2.10. The van der Waals surface area contributed by atoms with Gasteiger partial charge in [-0.3, -0.25) is 0 Å². The van der Waals surface area contributed by atoms with E-state index >= 15 is 0 Å². The Morgan fingerprint density at radius 2 is 2.18 bits per heavy atom. The molecule has 0 fully saturated rings. The molecule has 58 valence electrons. The van der Waals surface area contributed by atoms with Crippen LogP contribution in [0.3, 0.4) is 0 Å². The predicted octanol–water partition coefficient (Wildman–Crippen LogP) is 1.71. The van der Waals surface area contributed by atoms with Crippen molar-refractivity contribution in [1.82, 2.24) is 4.57 Å². The molecule has 2 heteroatoms. The molecule has 0 saturated carbocycles. The van der Waals surface area contributed by atoms with Crippen molar-refractivity contribution in [2.45, 2.75) is 20.3 Å². The van der Waals surface area contributed by atoms with Crippen LogP contribution in [0.15, 0.2) is 6.07 Å². The second kappa shape index (κ2) is 2.79. The average molecular weight is 148 g/mol.